The summed E-state index contributed by atoms with van der Waals surface area (Å²) in [5.74, 6) is -0.737. The Balaban J connectivity index is 1.91. The van der Waals surface area contributed by atoms with E-state index in [1.54, 1.807) is 0 Å². The highest BCUT2D eigenvalue weighted by atomic mass is 16.5. The molecule has 3 heteroatoms. The minimum Gasteiger partial charge on any atom is -0.481 e. The average molecular weight is 170 g/mol. The molecule has 1 heterocycles. The first-order chi connectivity index (χ1) is 5.61. The zero-order valence-electron chi connectivity index (χ0n) is 7.25. The topological polar surface area (TPSA) is 46.5 Å². The van der Waals surface area contributed by atoms with E-state index >= 15 is 0 Å². The molecule has 0 aromatic rings. The maximum atomic E-state index is 10.6. The van der Waals surface area contributed by atoms with Crippen LogP contribution in [-0.4, -0.2) is 23.8 Å². The van der Waals surface area contributed by atoms with Crippen molar-refractivity contribution in [1.29, 1.82) is 0 Å². The summed E-state index contributed by atoms with van der Waals surface area (Å²) >= 11 is 0. The third-order valence-electron chi connectivity index (χ3n) is 3.10. The van der Waals surface area contributed by atoms with Crippen LogP contribution < -0.4 is 0 Å². The third kappa shape index (κ3) is 1.12. The molecule has 0 radical (unpaired) electrons. The molecule has 1 saturated carbocycles. The summed E-state index contributed by atoms with van der Waals surface area (Å²) in [5.41, 5.74) is 0.239. The molecule has 1 N–H and O–H groups in total. The van der Waals surface area contributed by atoms with Crippen LogP contribution in [0, 0.1) is 11.3 Å². The predicted molar refractivity (Wildman–Crippen MR) is 42.8 cm³/mol. The fourth-order valence-corrected chi connectivity index (χ4v) is 2.49. The van der Waals surface area contributed by atoms with E-state index in [4.69, 9.17) is 9.84 Å². The summed E-state index contributed by atoms with van der Waals surface area (Å²) in [6.45, 7) is 2.83. The van der Waals surface area contributed by atoms with Crippen LogP contribution in [0.3, 0.4) is 0 Å². The summed E-state index contributed by atoms with van der Waals surface area (Å²) in [6.07, 6.45) is 3.04. The Kier molecular flexibility index (Phi) is 1.65. The third-order valence-corrected chi connectivity index (χ3v) is 3.10. The summed E-state index contributed by atoms with van der Waals surface area (Å²) < 4.78 is 5.45. The van der Waals surface area contributed by atoms with E-state index in [1.165, 1.54) is 0 Å². The minimum absolute atomic E-state index is 0.0982. The number of rotatable bonds is 1. The molecular weight excluding hydrogens is 156 g/mol. The van der Waals surface area contributed by atoms with Crippen molar-refractivity contribution in [3.63, 3.8) is 0 Å². The van der Waals surface area contributed by atoms with E-state index in [1.807, 2.05) is 0 Å². The van der Waals surface area contributed by atoms with Gasteiger partial charge >= 0.3 is 5.97 Å². The van der Waals surface area contributed by atoms with Crippen molar-refractivity contribution in [2.75, 3.05) is 6.61 Å². The fraction of sp³-hybridized carbons (Fsp3) is 0.889. The van der Waals surface area contributed by atoms with Crippen LogP contribution in [0.4, 0.5) is 0 Å². The van der Waals surface area contributed by atoms with Gasteiger partial charge in [0.05, 0.1) is 18.6 Å². The molecule has 1 saturated heterocycles. The molecule has 1 unspecified atom stereocenters. The monoisotopic (exact) mass is 170 g/mol. The largest absolute Gasteiger partial charge is 0.481 e. The average Bonchev–Trinajstić information content (AvgIpc) is 2.27. The molecule has 2 fully saturated rings. The van der Waals surface area contributed by atoms with Gasteiger partial charge in [0.25, 0.3) is 0 Å². The van der Waals surface area contributed by atoms with Gasteiger partial charge in [0.2, 0.25) is 0 Å². The number of carboxylic acid groups (broad SMARTS) is 1. The predicted octanol–water partition coefficient (Wildman–Crippen LogP) is 1.28. The highest BCUT2D eigenvalue weighted by Gasteiger charge is 2.51. The second-order valence-electron chi connectivity index (χ2n) is 4.27. The molecule has 0 amide bonds. The summed E-state index contributed by atoms with van der Waals surface area (Å²) in [6, 6.07) is 0. The summed E-state index contributed by atoms with van der Waals surface area (Å²) in [5, 5.41) is 8.70. The van der Waals surface area contributed by atoms with Crippen molar-refractivity contribution in [2.24, 2.45) is 11.3 Å². The van der Waals surface area contributed by atoms with Crippen LogP contribution in [0.25, 0.3) is 0 Å². The van der Waals surface area contributed by atoms with E-state index in [9.17, 15) is 4.79 Å². The van der Waals surface area contributed by atoms with Crippen LogP contribution >= 0.6 is 0 Å². The summed E-state index contributed by atoms with van der Waals surface area (Å²) in [4.78, 5) is 10.6. The van der Waals surface area contributed by atoms with E-state index in [-0.39, 0.29) is 11.3 Å². The Morgan fingerprint density at radius 3 is 2.58 bits per heavy atom. The molecule has 3 nitrogen and oxygen atoms in total. The molecule has 2 aliphatic rings. The first-order valence-corrected chi connectivity index (χ1v) is 4.46. The van der Waals surface area contributed by atoms with Gasteiger partial charge in [-0.05, 0) is 31.6 Å². The second kappa shape index (κ2) is 2.46. The minimum atomic E-state index is -0.639. The van der Waals surface area contributed by atoms with Crippen LogP contribution in [0.15, 0.2) is 0 Å². The first-order valence-electron chi connectivity index (χ1n) is 4.46. The lowest BCUT2D eigenvalue weighted by atomic mass is 9.61. The van der Waals surface area contributed by atoms with Crippen molar-refractivity contribution in [3.8, 4) is 0 Å². The van der Waals surface area contributed by atoms with Crippen molar-refractivity contribution >= 4 is 5.97 Å². The number of carboxylic acids is 1. The van der Waals surface area contributed by atoms with Crippen LogP contribution in [-0.2, 0) is 9.53 Å². The highest BCUT2D eigenvalue weighted by Crippen LogP contribution is 2.52. The maximum Gasteiger partial charge on any atom is 0.306 e. The normalized spacial score (nSPS) is 46.1. The molecule has 1 aliphatic heterocycles. The maximum absolute atomic E-state index is 10.6. The fourth-order valence-electron chi connectivity index (χ4n) is 2.49. The Labute approximate surface area is 71.7 Å². The highest BCUT2D eigenvalue weighted by molar-refractivity contribution is 5.71. The van der Waals surface area contributed by atoms with E-state index in [2.05, 4.69) is 6.92 Å². The van der Waals surface area contributed by atoms with Crippen LogP contribution in [0.2, 0.25) is 0 Å². The van der Waals surface area contributed by atoms with Gasteiger partial charge < -0.3 is 9.84 Å². The van der Waals surface area contributed by atoms with E-state index in [0.29, 0.717) is 6.10 Å². The molecule has 2 rings (SSSR count). The lowest BCUT2D eigenvalue weighted by molar-refractivity contribution is -0.150. The molecule has 1 atom stereocenters. The summed E-state index contributed by atoms with van der Waals surface area (Å²) in [7, 11) is 0. The molecule has 1 aliphatic carbocycles. The van der Waals surface area contributed by atoms with Gasteiger partial charge in [-0.1, -0.05) is 0 Å². The number of carbonyl (C=O) groups is 1. The van der Waals surface area contributed by atoms with Gasteiger partial charge in [0, 0.05) is 0 Å². The van der Waals surface area contributed by atoms with Gasteiger partial charge in [-0.3, -0.25) is 4.79 Å². The Morgan fingerprint density at radius 1 is 1.50 bits per heavy atom. The van der Waals surface area contributed by atoms with Gasteiger partial charge in [0.15, 0.2) is 0 Å². The van der Waals surface area contributed by atoms with Crippen molar-refractivity contribution in [3.05, 3.63) is 0 Å². The lowest BCUT2D eigenvalue weighted by Crippen LogP contribution is -2.41. The van der Waals surface area contributed by atoms with Crippen LogP contribution in [0.1, 0.15) is 26.2 Å². The van der Waals surface area contributed by atoms with Crippen molar-refractivity contribution in [1.82, 2.24) is 0 Å². The number of aliphatic carboxylic acids is 1. The van der Waals surface area contributed by atoms with E-state index < -0.39 is 5.97 Å². The zero-order valence-corrected chi connectivity index (χ0v) is 7.25. The van der Waals surface area contributed by atoms with Gasteiger partial charge in [-0.15, -0.1) is 0 Å². The van der Waals surface area contributed by atoms with E-state index in [0.717, 1.165) is 25.9 Å². The Hall–Kier alpha value is -0.570. The van der Waals surface area contributed by atoms with Gasteiger partial charge in [-0.25, -0.2) is 0 Å². The molecular formula is C9H14O3. The molecule has 0 aromatic carbocycles. The van der Waals surface area contributed by atoms with Crippen molar-refractivity contribution < 1.29 is 14.6 Å². The second-order valence-corrected chi connectivity index (χ2v) is 4.27. The Morgan fingerprint density at radius 2 is 2.17 bits per heavy atom. The quantitative estimate of drug-likeness (QED) is 0.644. The molecule has 0 aromatic heterocycles. The Bertz CT molecular complexity index is 206. The zero-order chi connectivity index (χ0) is 8.77. The number of hydrogen-bond acceptors (Lipinski definition) is 2. The lowest BCUT2D eigenvalue weighted by Gasteiger charge is -2.41. The molecule has 1 spiro atoms. The van der Waals surface area contributed by atoms with Crippen LogP contribution in [0.5, 0.6) is 0 Å². The number of ether oxygens (including phenoxy) is 1. The van der Waals surface area contributed by atoms with Gasteiger partial charge in [0.1, 0.15) is 0 Å². The molecule has 12 heavy (non-hydrogen) atoms. The smallest absolute Gasteiger partial charge is 0.306 e. The molecule has 68 valence electrons. The first kappa shape index (κ1) is 8.05. The van der Waals surface area contributed by atoms with Crippen molar-refractivity contribution in [2.45, 2.75) is 32.3 Å². The van der Waals surface area contributed by atoms with Gasteiger partial charge in [-0.2, -0.15) is 0 Å². The standard InChI is InChI=1S/C9H14O3/c1-6-2-9(5-12-6)3-7(4-9)8(10)11/h6-7H,2-5H2,1H3,(H,10,11). The SMILES string of the molecule is CC1CC2(CO1)CC(C(=O)O)C2. The molecule has 0 bridgehead atoms. The number of hydrogen-bond donors (Lipinski definition) is 1.